The minimum atomic E-state index is -0.382. The zero-order valence-corrected chi connectivity index (χ0v) is 14.4. The van der Waals surface area contributed by atoms with Gasteiger partial charge in [0.05, 0.1) is 12.3 Å². The summed E-state index contributed by atoms with van der Waals surface area (Å²) in [6.07, 6.45) is 0.625. The van der Waals surface area contributed by atoms with Crippen molar-refractivity contribution in [3.05, 3.63) is 59.5 Å². The zero-order chi connectivity index (χ0) is 17.6. The van der Waals surface area contributed by atoms with Gasteiger partial charge in [-0.3, -0.25) is 4.79 Å². The number of nitrogens with one attached hydrogen (secondary N) is 1. The summed E-state index contributed by atoms with van der Waals surface area (Å²) in [5.74, 6) is -0.382. The van der Waals surface area contributed by atoms with Gasteiger partial charge in [0.2, 0.25) is 6.41 Å². The van der Waals surface area contributed by atoms with Gasteiger partial charge in [0.1, 0.15) is 9.88 Å². The van der Waals surface area contributed by atoms with Crippen LogP contribution in [0.3, 0.4) is 0 Å². The van der Waals surface area contributed by atoms with Gasteiger partial charge in [-0.1, -0.05) is 42.5 Å². The van der Waals surface area contributed by atoms with Gasteiger partial charge in [0.25, 0.3) is 0 Å². The molecule has 2 aromatic carbocycles. The molecule has 0 spiro atoms. The third-order valence-electron chi connectivity index (χ3n) is 3.47. The third kappa shape index (κ3) is 3.75. The Morgan fingerprint density at radius 1 is 1.16 bits per heavy atom. The van der Waals surface area contributed by atoms with E-state index < -0.39 is 0 Å². The number of hydrogen-bond acceptors (Lipinski definition) is 5. The SMILES string of the molecule is CCOC(=O)c1sc(-c2cccc(NC=O)c2)nc1-c1ccccc1. The van der Waals surface area contributed by atoms with Gasteiger partial charge in [0.15, 0.2) is 0 Å². The molecule has 0 aliphatic heterocycles. The van der Waals surface area contributed by atoms with Gasteiger partial charge in [0, 0.05) is 16.8 Å². The number of nitrogens with zero attached hydrogens (tertiary/aromatic N) is 1. The number of benzene rings is 2. The first-order valence-corrected chi connectivity index (χ1v) is 8.58. The Morgan fingerprint density at radius 2 is 1.92 bits per heavy atom. The fourth-order valence-electron chi connectivity index (χ4n) is 2.38. The maximum Gasteiger partial charge on any atom is 0.350 e. The van der Waals surface area contributed by atoms with E-state index >= 15 is 0 Å². The molecule has 0 saturated heterocycles. The van der Waals surface area contributed by atoms with Crippen LogP contribution in [0.1, 0.15) is 16.6 Å². The first-order valence-electron chi connectivity index (χ1n) is 7.77. The Labute approximate surface area is 149 Å². The second kappa shape index (κ2) is 7.72. The molecule has 0 atom stereocenters. The largest absolute Gasteiger partial charge is 0.462 e. The third-order valence-corrected chi connectivity index (χ3v) is 4.55. The molecule has 3 rings (SSSR count). The Kier molecular flexibility index (Phi) is 5.20. The summed E-state index contributed by atoms with van der Waals surface area (Å²) in [5.41, 5.74) is 2.95. The number of anilines is 1. The van der Waals surface area contributed by atoms with Gasteiger partial charge in [-0.05, 0) is 19.1 Å². The quantitative estimate of drug-likeness (QED) is 0.533. The molecular formula is C19H16N2O3S. The molecule has 3 aromatic rings. The average molecular weight is 352 g/mol. The molecule has 126 valence electrons. The minimum absolute atomic E-state index is 0.305. The Hall–Kier alpha value is -2.99. The van der Waals surface area contributed by atoms with Gasteiger partial charge >= 0.3 is 5.97 Å². The molecule has 0 unspecified atom stereocenters. The van der Waals surface area contributed by atoms with Crippen LogP contribution in [0.25, 0.3) is 21.8 Å². The van der Waals surface area contributed by atoms with E-state index in [0.29, 0.717) is 34.3 Å². The number of rotatable bonds is 6. The maximum atomic E-state index is 12.3. The summed E-state index contributed by atoms with van der Waals surface area (Å²) in [7, 11) is 0. The molecule has 0 aliphatic rings. The molecular weight excluding hydrogens is 336 g/mol. The standard InChI is InChI=1S/C19H16N2O3S/c1-2-24-19(23)17-16(13-7-4-3-5-8-13)21-18(25-17)14-9-6-10-15(11-14)20-12-22/h3-12H,2H2,1H3,(H,20,22). The van der Waals surface area contributed by atoms with Crippen molar-refractivity contribution in [1.29, 1.82) is 0 Å². The van der Waals surface area contributed by atoms with Crippen molar-refractivity contribution < 1.29 is 14.3 Å². The van der Waals surface area contributed by atoms with Crippen LogP contribution in [0.5, 0.6) is 0 Å². The van der Waals surface area contributed by atoms with Crippen LogP contribution < -0.4 is 5.32 Å². The van der Waals surface area contributed by atoms with Crippen LogP contribution in [0.15, 0.2) is 54.6 Å². The lowest BCUT2D eigenvalue weighted by Gasteiger charge is -2.02. The van der Waals surface area contributed by atoms with Gasteiger partial charge < -0.3 is 10.1 Å². The molecule has 1 amide bonds. The minimum Gasteiger partial charge on any atom is -0.462 e. The highest BCUT2D eigenvalue weighted by Gasteiger charge is 2.21. The number of carbonyl (C=O) groups excluding carboxylic acids is 2. The van der Waals surface area contributed by atoms with Gasteiger partial charge in [-0.25, -0.2) is 9.78 Å². The average Bonchev–Trinajstić information content (AvgIpc) is 3.09. The van der Waals surface area contributed by atoms with Crippen LogP contribution in [0, 0.1) is 0 Å². The monoisotopic (exact) mass is 352 g/mol. The maximum absolute atomic E-state index is 12.3. The number of hydrogen-bond donors (Lipinski definition) is 1. The first kappa shape index (κ1) is 16.9. The highest BCUT2D eigenvalue weighted by atomic mass is 32.1. The normalized spacial score (nSPS) is 10.3. The highest BCUT2D eigenvalue weighted by molar-refractivity contribution is 7.17. The number of carbonyl (C=O) groups is 2. The molecule has 0 saturated carbocycles. The lowest BCUT2D eigenvalue weighted by molar-refractivity contribution is -0.105. The second-order valence-corrected chi connectivity index (χ2v) is 6.13. The topological polar surface area (TPSA) is 68.3 Å². The molecule has 25 heavy (non-hydrogen) atoms. The summed E-state index contributed by atoms with van der Waals surface area (Å²) in [6, 6.07) is 16.9. The van der Waals surface area contributed by atoms with Crippen molar-refractivity contribution in [3.63, 3.8) is 0 Å². The van der Waals surface area contributed by atoms with Crippen molar-refractivity contribution in [2.24, 2.45) is 0 Å². The van der Waals surface area contributed by atoms with Gasteiger partial charge in [-0.2, -0.15) is 0 Å². The fraction of sp³-hybridized carbons (Fsp3) is 0.105. The van der Waals surface area contributed by atoms with Crippen molar-refractivity contribution in [2.75, 3.05) is 11.9 Å². The lowest BCUT2D eigenvalue weighted by atomic mass is 10.1. The van der Waals surface area contributed by atoms with E-state index in [0.717, 1.165) is 11.1 Å². The second-order valence-electron chi connectivity index (χ2n) is 5.13. The van der Waals surface area contributed by atoms with Crippen molar-refractivity contribution >= 4 is 29.4 Å². The van der Waals surface area contributed by atoms with Crippen LogP contribution in [-0.2, 0) is 9.53 Å². The molecule has 1 heterocycles. The molecule has 0 fully saturated rings. The summed E-state index contributed by atoms with van der Waals surface area (Å²) in [5, 5.41) is 3.31. The van der Waals surface area contributed by atoms with Crippen LogP contribution >= 0.6 is 11.3 Å². The number of ether oxygens (including phenoxy) is 1. The number of esters is 1. The van der Waals surface area contributed by atoms with E-state index in [-0.39, 0.29) is 5.97 Å². The Bertz CT molecular complexity index is 891. The van der Waals surface area contributed by atoms with Gasteiger partial charge in [-0.15, -0.1) is 11.3 Å². The van der Waals surface area contributed by atoms with Crippen molar-refractivity contribution in [3.8, 4) is 21.8 Å². The van der Waals surface area contributed by atoms with Crippen molar-refractivity contribution in [1.82, 2.24) is 4.98 Å². The summed E-state index contributed by atoms with van der Waals surface area (Å²) >= 11 is 1.28. The lowest BCUT2D eigenvalue weighted by Crippen LogP contribution is -2.03. The van der Waals surface area contributed by atoms with E-state index in [9.17, 15) is 9.59 Å². The molecule has 1 aromatic heterocycles. The van der Waals surface area contributed by atoms with E-state index in [1.807, 2.05) is 48.5 Å². The van der Waals surface area contributed by atoms with E-state index in [2.05, 4.69) is 10.3 Å². The van der Waals surface area contributed by atoms with Crippen molar-refractivity contribution in [2.45, 2.75) is 6.92 Å². The number of thiazole rings is 1. The molecule has 1 N–H and O–H groups in total. The Morgan fingerprint density at radius 3 is 2.64 bits per heavy atom. The predicted octanol–water partition coefficient (Wildman–Crippen LogP) is 4.22. The van der Waals surface area contributed by atoms with Crippen LogP contribution in [-0.4, -0.2) is 24.0 Å². The number of amides is 1. The summed E-state index contributed by atoms with van der Waals surface area (Å²) in [4.78, 5) is 28.1. The summed E-state index contributed by atoms with van der Waals surface area (Å²) < 4.78 is 5.17. The Balaban J connectivity index is 2.08. The molecule has 6 heteroatoms. The fourth-order valence-corrected chi connectivity index (χ4v) is 3.36. The molecule has 0 aliphatic carbocycles. The van der Waals surface area contributed by atoms with Crippen LogP contribution in [0.4, 0.5) is 5.69 Å². The molecule has 0 bridgehead atoms. The smallest absolute Gasteiger partial charge is 0.350 e. The number of aromatic nitrogens is 1. The first-order chi connectivity index (χ1) is 12.2. The zero-order valence-electron chi connectivity index (χ0n) is 13.6. The van der Waals surface area contributed by atoms with E-state index in [1.165, 1.54) is 11.3 Å². The van der Waals surface area contributed by atoms with Crippen LogP contribution in [0.2, 0.25) is 0 Å². The molecule has 5 nitrogen and oxygen atoms in total. The summed E-state index contributed by atoms with van der Waals surface area (Å²) in [6.45, 7) is 2.08. The predicted molar refractivity (Wildman–Crippen MR) is 98.6 cm³/mol. The van der Waals surface area contributed by atoms with E-state index in [1.54, 1.807) is 13.0 Å². The van der Waals surface area contributed by atoms with E-state index in [4.69, 9.17) is 4.74 Å². The highest BCUT2D eigenvalue weighted by Crippen LogP contribution is 2.35. The molecule has 0 radical (unpaired) electrons.